The highest BCUT2D eigenvalue weighted by Gasteiger charge is 2.27. The van der Waals surface area contributed by atoms with E-state index < -0.39 is 0 Å². The molecule has 0 unspecified atom stereocenters. The zero-order valence-corrected chi connectivity index (χ0v) is 19.5. The summed E-state index contributed by atoms with van der Waals surface area (Å²) in [5, 5.41) is 8.66. The molecule has 30 heavy (non-hydrogen) atoms. The van der Waals surface area contributed by atoms with Gasteiger partial charge in [0.2, 0.25) is 5.91 Å². The number of rotatable bonds is 4. The lowest BCUT2D eigenvalue weighted by Crippen LogP contribution is -2.55. The quantitative estimate of drug-likeness (QED) is 0.325. The van der Waals surface area contributed by atoms with Crippen LogP contribution in [0.5, 0.6) is 0 Å². The van der Waals surface area contributed by atoms with Gasteiger partial charge in [0.25, 0.3) is 0 Å². The van der Waals surface area contributed by atoms with Gasteiger partial charge in [-0.25, -0.2) is 0 Å². The Labute approximate surface area is 193 Å². The molecule has 0 bridgehead atoms. The number of anilines is 1. The molecule has 9 heteroatoms. The van der Waals surface area contributed by atoms with Crippen LogP contribution in [0.2, 0.25) is 0 Å². The van der Waals surface area contributed by atoms with Crippen molar-refractivity contribution in [3.63, 3.8) is 0 Å². The summed E-state index contributed by atoms with van der Waals surface area (Å²) < 4.78 is 1.70. The summed E-state index contributed by atoms with van der Waals surface area (Å²) in [5.41, 5.74) is 2.87. The SMILES string of the molecule is CN=C(NCCc1ccc2ccccc2n1)N1CCN(c2cnn(C)c2)C(=O)C1.I. The van der Waals surface area contributed by atoms with Crippen molar-refractivity contribution in [2.24, 2.45) is 12.0 Å². The van der Waals surface area contributed by atoms with Crippen molar-refractivity contribution < 1.29 is 4.79 Å². The Morgan fingerprint density at radius 2 is 2.03 bits per heavy atom. The number of carbonyl (C=O) groups is 1. The first-order chi connectivity index (χ1) is 14.1. The average Bonchev–Trinajstić information content (AvgIpc) is 3.17. The molecule has 0 aliphatic carbocycles. The van der Waals surface area contributed by atoms with Gasteiger partial charge in [-0.2, -0.15) is 5.10 Å². The number of guanidine groups is 1. The molecular formula is C21H26IN7O. The predicted octanol–water partition coefficient (Wildman–Crippen LogP) is 2.05. The molecule has 1 aliphatic rings. The maximum atomic E-state index is 12.6. The van der Waals surface area contributed by atoms with E-state index in [1.165, 1.54) is 0 Å². The van der Waals surface area contributed by atoms with Gasteiger partial charge < -0.3 is 15.1 Å². The van der Waals surface area contributed by atoms with Crippen LogP contribution >= 0.6 is 24.0 Å². The third-order valence-corrected chi connectivity index (χ3v) is 5.06. The van der Waals surface area contributed by atoms with E-state index in [1.54, 1.807) is 22.8 Å². The topological polar surface area (TPSA) is 78.7 Å². The molecule has 0 saturated carbocycles. The lowest BCUT2D eigenvalue weighted by Gasteiger charge is -2.35. The fraction of sp³-hybridized carbons (Fsp3) is 0.333. The number of nitrogens with one attached hydrogen (secondary N) is 1. The Balaban J connectivity index is 0.00000256. The number of hydrogen-bond acceptors (Lipinski definition) is 4. The summed E-state index contributed by atoms with van der Waals surface area (Å²) in [5.74, 6) is 0.786. The number of para-hydroxylation sites is 1. The Hall–Kier alpha value is -2.69. The van der Waals surface area contributed by atoms with Crippen LogP contribution in [0.3, 0.4) is 0 Å². The van der Waals surface area contributed by atoms with Crippen molar-refractivity contribution in [1.82, 2.24) is 25.0 Å². The van der Waals surface area contributed by atoms with Crippen LogP contribution in [-0.4, -0.2) is 64.8 Å². The molecule has 0 radical (unpaired) electrons. The molecule has 158 valence electrons. The van der Waals surface area contributed by atoms with E-state index in [0.717, 1.165) is 34.7 Å². The van der Waals surface area contributed by atoms with Gasteiger partial charge in [0, 0.05) is 57.4 Å². The van der Waals surface area contributed by atoms with Crippen LogP contribution < -0.4 is 10.2 Å². The molecular weight excluding hydrogens is 493 g/mol. The average molecular weight is 519 g/mol. The smallest absolute Gasteiger partial charge is 0.246 e. The fourth-order valence-corrected chi connectivity index (χ4v) is 3.56. The van der Waals surface area contributed by atoms with E-state index in [9.17, 15) is 4.79 Å². The monoisotopic (exact) mass is 519 g/mol. The molecule has 2 aromatic heterocycles. The van der Waals surface area contributed by atoms with Crippen LogP contribution in [0, 0.1) is 0 Å². The van der Waals surface area contributed by atoms with E-state index in [2.05, 4.69) is 33.6 Å². The van der Waals surface area contributed by atoms with Gasteiger partial charge in [-0.1, -0.05) is 24.3 Å². The van der Waals surface area contributed by atoms with E-state index in [1.807, 2.05) is 36.3 Å². The second-order valence-corrected chi connectivity index (χ2v) is 7.06. The predicted molar refractivity (Wildman–Crippen MR) is 129 cm³/mol. The van der Waals surface area contributed by atoms with Crippen molar-refractivity contribution in [3.05, 3.63) is 54.5 Å². The highest BCUT2D eigenvalue weighted by molar-refractivity contribution is 14.0. The molecule has 1 aromatic carbocycles. The maximum absolute atomic E-state index is 12.6. The lowest BCUT2D eigenvalue weighted by atomic mass is 10.2. The third-order valence-electron chi connectivity index (χ3n) is 5.06. The number of aliphatic imine (C=N–C) groups is 1. The van der Waals surface area contributed by atoms with Gasteiger partial charge in [-0.05, 0) is 12.1 Å². The first-order valence-corrected chi connectivity index (χ1v) is 9.73. The van der Waals surface area contributed by atoms with Gasteiger partial charge in [-0.3, -0.25) is 19.5 Å². The molecule has 4 rings (SSSR count). The highest BCUT2D eigenvalue weighted by atomic mass is 127. The lowest BCUT2D eigenvalue weighted by molar-refractivity contribution is -0.120. The number of hydrogen-bond donors (Lipinski definition) is 1. The standard InChI is InChI=1S/C21H25N7O.HI/c1-22-21(23-10-9-17-8-7-16-5-3-4-6-19(16)25-17)27-11-12-28(20(29)15-27)18-13-24-26(2)14-18;/h3-8,13-14H,9-12,15H2,1-2H3,(H,22,23);1H. The number of amides is 1. The molecule has 1 N–H and O–H groups in total. The Morgan fingerprint density at radius 3 is 2.77 bits per heavy atom. The Bertz CT molecular complexity index is 1050. The molecule has 3 aromatic rings. The molecule has 0 spiro atoms. The summed E-state index contributed by atoms with van der Waals surface area (Å²) in [6, 6.07) is 12.3. The molecule has 1 saturated heterocycles. The molecule has 1 aliphatic heterocycles. The van der Waals surface area contributed by atoms with Crippen LogP contribution in [-0.2, 0) is 18.3 Å². The summed E-state index contributed by atoms with van der Waals surface area (Å²) in [6.07, 6.45) is 4.36. The highest BCUT2D eigenvalue weighted by Crippen LogP contribution is 2.16. The van der Waals surface area contributed by atoms with Gasteiger partial charge in [-0.15, -0.1) is 24.0 Å². The van der Waals surface area contributed by atoms with Crippen molar-refractivity contribution in [1.29, 1.82) is 0 Å². The van der Waals surface area contributed by atoms with Gasteiger partial charge in [0.1, 0.15) is 6.54 Å². The number of benzene rings is 1. The Kier molecular flexibility index (Phi) is 7.24. The first kappa shape index (κ1) is 22.0. The number of carbonyl (C=O) groups excluding carboxylic acids is 1. The van der Waals surface area contributed by atoms with Crippen LogP contribution in [0.25, 0.3) is 10.9 Å². The van der Waals surface area contributed by atoms with Crippen LogP contribution in [0.15, 0.2) is 53.8 Å². The second kappa shape index (κ2) is 9.88. The number of nitrogens with zero attached hydrogens (tertiary/aromatic N) is 6. The van der Waals surface area contributed by atoms with Crippen LogP contribution in [0.4, 0.5) is 5.69 Å². The van der Waals surface area contributed by atoms with E-state index in [0.29, 0.717) is 26.2 Å². The molecule has 3 heterocycles. The van der Waals surface area contributed by atoms with Crippen molar-refractivity contribution in [2.75, 3.05) is 38.1 Å². The minimum atomic E-state index is 0. The van der Waals surface area contributed by atoms with Gasteiger partial charge in [0.15, 0.2) is 5.96 Å². The number of aryl methyl sites for hydroxylation is 1. The van der Waals surface area contributed by atoms with E-state index >= 15 is 0 Å². The number of aromatic nitrogens is 3. The fourth-order valence-electron chi connectivity index (χ4n) is 3.56. The van der Waals surface area contributed by atoms with Crippen LogP contribution in [0.1, 0.15) is 5.69 Å². The summed E-state index contributed by atoms with van der Waals surface area (Å²) in [7, 11) is 3.59. The zero-order chi connectivity index (χ0) is 20.2. The summed E-state index contributed by atoms with van der Waals surface area (Å²) in [6.45, 7) is 2.32. The van der Waals surface area contributed by atoms with E-state index in [4.69, 9.17) is 4.98 Å². The van der Waals surface area contributed by atoms with Gasteiger partial charge in [0.05, 0.1) is 17.4 Å². The van der Waals surface area contributed by atoms with Crippen molar-refractivity contribution >= 4 is 52.4 Å². The van der Waals surface area contributed by atoms with Crippen molar-refractivity contribution in [3.8, 4) is 0 Å². The number of halogens is 1. The van der Waals surface area contributed by atoms with Gasteiger partial charge >= 0.3 is 0 Å². The first-order valence-electron chi connectivity index (χ1n) is 9.73. The molecule has 8 nitrogen and oxygen atoms in total. The number of fused-ring (bicyclic) bond motifs is 1. The molecule has 1 amide bonds. The van der Waals surface area contributed by atoms with E-state index in [-0.39, 0.29) is 29.9 Å². The third kappa shape index (κ3) is 4.89. The maximum Gasteiger partial charge on any atom is 0.246 e. The minimum Gasteiger partial charge on any atom is -0.356 e. The summed E-state index contributed by atoms with van der Waals surface area (Å²) >= 11 is 0. The minimum absolute atomic E-state index is 0. The number of piperazine rings is 1. The normalized spacial score (nSPS) is 14.7. The number of pyridine rings is 1. The summed E-state index contributed by atoms with van der Waals surface area (Å²) in [4.78, 5) is 25.4. The van der Waals surface area contributed by atoms with Crippen molar-refractivity contribution in [2.45, 2.75) is 6.42 Å². The second-order valence-electron chi connectivity index (χ2n) is 7.06. The Morgan fingerprint density at radius 1 is 1.20 bits per heavy atom. The zero-order valence-electron chi connectivity index (χ0n) is 17.2. The largest absolute Gasteiger partial charge is 0.356 e. The molecule has 0 atom stereocenters. The molecule has 1 fully saturated rings.